The maximum atomic E-state index is 13.3. The van der Waals surface area contributed by atoms with Gasteiger partial charge in [-0.05, 0) is 35.2 Å². The molecule has 2 fully saturated rings. The molecular formula is C22H27N3O4S. The van der Waals surface area contributed by atoms with Crippen LogP contribution in [0.2, 0.25) is 0 Å². The molecular weight excluding hydrogens is 402 g/mol. The van der Waals surface area contributed by atoms with Crippen LogP contribution in [0.25, 0.3) is 10.8 Å². The summed E-state index contributed by atoms with van der Waals surface area (Å²) < 4.78 is 27.9. The van der Waals surface area contributed by atoms with Gasteiger partial charge in [0.25, 0.3) is 0 Å². The van der Waals surface area contributed by atoms with Crippen LogP contribution in [0.15, 0.2) is 47.4 Å². The molecule has 2 aliphatic heterocycles. The van der Waals surface area contributed by atoms with E-state index in [4.69, 9.17) is 0 Å². The molecule has 0 aromatic heterocycles. The summed E-state index contributed by atoms with van der Waals surface area (Å²) >= 11 is 0. The number of carbonyl (C=O) groups is 2. The van der Waals surface area contributed by atoms with E-state index in [1.807, 2.05) is 38.1 Å². The Hall–Kier alpha value is -2.45. The van der Waals surface area contributed by atoms with Gasteiger partial charge in [-0.3, -0.25) is 9.59 Å². The zero-order chi connectivity index (χ0) is 21.6. The second-order valence-electron chi connectivity index (χ2n) is 8.51. The van der Waals surface area contributed by atoms with E-state index < -0.39 is 22.1 Å². The zero-order valence-electron chi connectivity index (χ0n) is 17.5. The SMILES string of the molecule is CC(C)C[C@H]1C(=O)N2CCN(S(=O)(=O)c3ccc4ccccc4c3)C[C@@H]2C(=O)N1C. The van der Waals surface area contributed by atoms with Crippen LogP contribution in [0.5, 0.6) is 0 Å². The van der Waals surface area contributed by atoms with E-state index in [1.54, 1.807) is 30.1 Å². The summed E-state index contributed by atoms with van der Waals surface area (Å²) in [5, 5.41) is 1.81. The Morgan fingerprint density at radius 1 is 1.00 bits per heavy atom. The van der Waals surface area contributed by atoms with Crippen molar-refractivity contribution < 1.29 is 18.0 Å². The Morgan fingerprint density at radius 3 is 2.40 bits per heavy atom. The molecule has 0 bridgehead atoms. The van der Waals surface area contributed by atoms with Gasteiger partial charge in [-0.25, -0.2) is 8.42 Å². The molecule has 2 heterocycles. The van der Waals surface area contributed by atoms with Crippen LogP contribution in [-0.4, -0.2) is 73.1 Å². The minimum Gasteiger partial charge on any atom is -0.332 e. The fraction of sp³-hybridized carbons (Fsp3) is 0.455. The molecule has 0 N–H and O–H groups in total. The van der Waals surface area contributed by atoms with E-state index >= 15 is 0 Å². The van der Waals surface area contributed by atoms with Gasteiger partial charge in [0, 0.05) is 26.7 Å². The highest BCUT2D eigenvalue weighted by Gasteiger charge is 2.48. The standard InChI is InChI=1S/C22H27N3O4S/c1-15(2)12-19-22(27)25-11-10-24(14-20(25)21(26)23(19)3)30(28,29)18-9-8-16-6-4-5-7-17(16)13-18/h4-9,13,15,19-20H,10-12,14H2,1-3H3/t19-,20+/m0/s1. The number of hydrogen-bond acceptors (Lipinski definition) is 4. The largest absolute Gasteiger partial charge is 0.332 e. The minimum absolute atomic E-state index is 0.0154. The van der Waals surface area contributed by atoms with E-state index in [9.17, 15) is 18.0 Å². The van der Waals surface area contributed by atoms with Gasteiger partial charge in [0.2, 0.25) is 21.8 Å². The lowest BCUT2D eigenvalue weighted by atomic mass is 9.96. The molecule has 0 saturated carbocycles. The number of rotatable bonds is 4. The fourth-order valence-electron chi connectivity index (χ4n) is 4.38. The van der Waals surface area contributed by atoms with Crippen LogP contribution in [0, 0.1) is 5.92 Å². The highest BCUT2D eigenvalue weighted by atomic mass is 32.2. The predicted molar refractivity (Wildman–Crippen MR) is 114 cm³/mol. The molecule has 4 rings (SSSR count). The van der Waals surface area contributed by atoms with Crippen molar-refractivity contribution in [1.29, 1.82) is 0 Å². The number of sulfonamides is 1. The third-order valence-electron chi connectivity index (χ3n) is 6.06. The van der Waals surface area contributed by atoms with Crippen molar-refractivity contribution in [2.45, 2.75) is 37.2 Å². The second-order valence-corrected chi connectivity index (χ2v) is 10.5. The average molecular weight is 430 g/mol. The van der Waals surface area contributed by atoms with Crippen molar-refractivity contribution in [2.75, 3.05) is 26.7 Å². The molecule has 2 amide bonds. The summed E-state index contributed by atoms with van der Waals surface area (Å²) in [6.45, 7) is 4.43. The monoisotopic (exact) mass is 429 g/mol. The number of nitrogens with zero attached hydrogens (tertiary/aromatic N) is 3. The summed E-state index contributed by atoms with van der Waals surface area (Å²) in [7, 11) is -2.13. The Labute approximate surface area is 177 Å². The molecule has 2 aromatic carbocycles. The first-order chi connectivity index (χ1) is 14.2. The minimum atomic E-state index is -3.77. The van der Waals surface area contributed by atoms with Gasteiger partial charge in [0.05, 0.1) is 4.90 Å². The highest BCUT2D eigenvalue weighted by Crippen LogP contribution is 2.28. The Balaban J connectivity index is 1.60. The number of carbonyl (C=O) groups excluding carboxylic acids is 2. The van der Waals surface area contributed by atoms with Crippen molar-refractivity contribution in [1.82, 2.24) is 14.1 Å². The summed E-state index contributed by atoms with van der Waals surface area (Å²) in [5.74, 6) is -0.00228. The predicted octanol–water partition coefficient (Wildman–Crippen LogP) is 1.93. The van der Waals surface area contributed by atoms with E-state index in [-0.39, 0.29) is 42.3 Å². The van der Waals surface area contributed by atoms with Gasteiger partial charge in [0.15, 0.2) is 0 Å². The molecule has 2 atom stereocenters. The third kappa shape index (κ3) is 3.48. The lowest BCUT2D eigenvalue weighted by Crippen LogP contribution is -2.69. The number of fused-ring (bicyclic) bond motifs is 2. The van der Waals surface area contributed by atoms with Crippen LogP contribution in [0.3, 0.4) is 0 Å². The molecule has 7 nitrogen and oxygen atoms in total. The topological polar surface area (TPSA) is 78.0 Å². The summed E-state index contributed by atoms with van der Waals surface area (Å²) in [6, 6.07) is 11.4. The van der Waals surface area contributed by atoms with Gasteiger partial charge in [-0.1, -0.05) is 44.2 Å². The van der Waals surface area contributed by atoms with Crippen LogP contribution in [-0.2, 0) is 19.6 Å². The first kappa shape index (κ1) is 20.8. The van der Waals surface area contributed by atoms with E-state index in [0.717, 1.165) is 10.8 Å². The second kappa shape index (κ2) is 7.67. The summed E-state index contributed by atoms with van der Waals surface area (Å²) in [6.07, 6.45) is 0.601. The van der Waals surface area contributed by atoms with E-state index in [1.165, 1.54) is 9.21 Å². The summed E-state index contributed by atoms with van der Waals surface area (Å²) in [5.41, 5.74) is 0. The van der Waals surface area contributed by atoms with Crippen molar-refractivity contribution in [2.24, 2.45) is 5.92 Å². The highest BCUT2D eigenvalue weighted by molar-refractivity contribution is 7.89. The molecule has 0 radical (unpaired) electrons. The van der Waals surface area contributed by atoms with Gasteiger partial charge in [-0.15, -0.1) is 0 Å². The molecule has 2 aliphatic rings. The van der Waals surface area contributed by atoms with Crippen LogP contribution < -0.4 is 0 Å². The van der Waals surface area contributed by atoms with Crippen LogP contribution in [0.4, 0.5) is 0 Å². The van der Waals surface area contributed by atoms with Gasteiger partial charge in [-0.2, -0.15) is 4.31 Å². The van der Waals surface area contributed by atoms with E-state index in [0.29, 0.717) is 6.42 Å². The van der Waals surface area contributed by atoms with Gasteiger partial charge in [0.1, 0.15) is 12.1 Å². The summed E-state index contributed by atoms with van der Waals surface area (Å²) in [4.78, 5) is 29.3. The fourth-order valence-corrected chi connectivity index (χ4v) is 5.85. The van der Waals surface area contributed by atoms with E-state index in [2.05, 4.69) is 0 Å². The molecule has 0 spiro atoms. The van der Waals surface area contributed by atoms with Crippen molar-refractivity contribution in [3.8, 4) is 0 Å². The van der Waals surface area contributed by atoms with Crippen LogP contribution >= 0.6 is 0 Å². The van der Waals surface area contributed by atoms with Crippen molar-refractivity contribution in [3.05, 3.63) is 42.5 Å². The molecule has 2 saturated heterocycles. The Morgan fingerprint density at radius 2 is 1.70 bits per heavy atom. The number of benzene rings is 2. The lowest BCUT2D eigenvalue weighted by molar-refractivity contribution is -0.163. The number of hydrogen-bond donors (Lipinski definition) is 0. The van der Waals surface area contributed by atoms with Gasteiger partial charge < -0.3 is 9.80 Å². The zero-order valence-corrected chi connectivity index (χ0v) is 18.3. The lowest BCUT2D eigenvalue weighted by Gasteiger charge is -2.48. The average Bonchev–Trinajstić information content (AvgIpc) is 2.74. The number of likely N-dealkylation sites (N-methyl/N-ethyl adjacent to an activating group) is 1. The maximum absolute atomic E-state index is 13.3. The molecule has 0 aliphatic carbocycles. The smallest absolute Gasteiger partial charge is 0.247 e. The first-order valence-corrected chi connectivity index (χ1v) is 11.7. The number of piperazine rings is 2. The quantitative estimate of drug-likeness (QED) is 0.744. The third-order valence-corrected chi connectivity index (χ3v) is 7.93. The van der Waals surface area contributed by atoms with Crippen molar-refractivity contribution >= 4 is 32.6 Å². The number of amides is 2. The molecule has 160 valence electrons. The molecule has 30 heavy (non-hydrogen) atoms. The maximum Gasteiger partial charge on any atom is 0.247 e. The molecule has 8 heteroatoms. The molecule has 2 aromatic rings. The first-order valence-electron chi connectivity index (χ1n) is 10.3. The molecule has 0 unspecified atom stereocenters. The Bertz CT molecular complexity index is 1100. The Kier molecular flexibility index (Phi) is 5.32. The van der Waals surface area contributed by atoms with Gasteiger partial charge >= 0.3 is 0 Å². The normalized spacial score (nSPS) is 23.3. The van der Waals surface area contributed by atoms with Crippen molar-refractivity contribution in [3.63, 3.8) is 0 Å². The van der Waals surface area contributed by atoms with Crippen LogP contribution in [0.1, 0.15) is 20.3 Å².